The number of hydrazine groups is 1. The number of hydrogen-bond acceptors (Lipinski definition) is 5. The van der Waals surface area contributed by atoms with E-state index in [9.17, 15) is 14.0 Å². The number of carbonyl (C=O) groups excluding carboxylic acids is 2. The van der Waals surface area contributed by atoms with Crippen molar-refractivity contribution in [2.75, 3.05) is 19.0 Å². The molecule has 26 heavy (non-hydrogen) atoms. The van der Waals surface area contributed by atoms with Crippen LogP contribution in [-0.2, 0) is 9.59 Å². The van der Waals surface area contributed by atoms with Gasteiger partial charge in [-0.3, -0.25) is 20.4 Å². The van der Waals surface area contributed by atoms with Crippen molar-refractivity contribution in [1.82, 2.24) is 10.9 Å². The molecule has 0 spiro atoms. The van der Waals surface area contributed by atoms with E-state index in [1.807, 2.05) is 31.2 Å². The van der Waals surface area contributed by atoms with Crippen LogP contribution < -0.4 is 20.3 Å². The molecule has 0 fully saturated rings. The molecule has 138 valence electrons. The molecule has 0 aliphatic rings. The van der Waals surface area contributed by atoms with Gasteiger partial charge in [0.25, 0.3) is 5.91 Å². The highest BCUT2D eigenvalue weighted by atomic mass is 32.2. The fourth-order valence-electron chi connectivity index (χ4n) is 1.86. The van der Waals surface area contributed by atoms with E-state index in [4.69, 9.17) is 9.47 Å². The molecule has 0 atom stereocenters. The molecule has 0 aliphatic carbocycles. The molecule has 2 aromatic rings. The number of halogens is 1. The van der Waals surface area contributed by atoms with Crippen LogP contribution in [0.4, 0.5) is 4.39 Å². The normalized spacial score (nSPS) is 10.1. The maximum Gasteiger partial charge on any atom is 0.276 e. The molecule has 0 bridgehead atoms. The third kappa shape index (κ3) is 6.64. The van der Waals surface area contributed by atoms with Crippen LogP contribution >= 0.6 is 11.8 Å². The first-order valence-corrected chi connectivity index (χ1v) is 8.87. The van der Waals surface area contributed by atoms with Gasteiger partial charge in [0.15, 0.2) is 18.2 Å². The molecular formula is C18H19FN2O4S. The molecule has 2 N–H and O–H groups in total. The lowest BCUT2D eigenvalue weighted by atomic mass is 10.3. The maximum absolute atomic E-state index is 13.3. The summed E-state index contributed by atoms with van der Waals surface area (Å²) in [5.74, 6) is -0.655. The molecule has 6 nitrogen and oxygen atoms in total. The highest BCUT2D eigenvalue weighted by Gasteiger charge is 2.08. The first-order chi connectivity index (χ1) is 12.6. The second kappa shape index (κ2) is 10.3. The van der Waals surface area contributed by atoms with Crippen molar-refractivity contribution < 1.29 is 23.5 Å². The number of carbonyl (C=O) groups is 2. The minimum Gasteiger partial charge on any atom is -0.494 e. The fraction of sp³-hybridized carbons (Fsp3) is 0.222. The summed E-state index contributed by atoms with van der Waals surface area (Å²) in [5.41, 5.74) is 4.49. The van der Waals surface area contributed by atoms with E-state index in [-0.39, 0.29) is 17.4 Å². The van der Waals surface area contributed by atoms with Gasteiger partial charge in [-0.05, 0) is 43.3 Å². The van der Waals surface area contributed by atoms with Crippen molar-refractivity contribution in [3.8, 4) is 11.5 Å². The van der Waals surface area contributed by atoms with E-state index in [0.717, 1.165) is 10.6 Å². The Morgan fingerprint density at radius 3 is 2.38 bits per heavy atom. The average molecular weight is 378 g/mol. The van der Waals surface area contributed by atoms with E-state index >= 15 is 0 Å². The number of ether oxygens (including phenoxy) is 2. The van der Waals surface area contributed by atoms with Crippen molar-refractivity contribution in [2.24, 2.45) is 0 Å². The molecule has 0 radical (unpaired) electrons. The Morgan fingerprint density at radius 1 is 1.00 bits per heavy atom. The Morgan fingerprint density at radius 2 is 1.69 bits per heavy atom. The molecule has 0 unspecified atom stereocenters. The van der Waals surface area contributed by atoms with Crippen molar-refractivity contribution in [2.45, 2.75) is 11.8 Å². The zero-order valence-corrected chi connectivity index (χ0v) is 15.0. The number of para-hydroxylation sites is 1. The summed E-state index contributed by atoms with van der Waals surface area (Å²) in [6.45, 7) is 2.09. The van der Waals surface area contributed by atoms with Crippen LogP contribution in [0.1, 0.15) is 6.92 Å². The maximum atomic E-state index is 13.3. The predicted octanol–water partition coefficient (Wildman–Crippen LogP) is 2.54. The smallest absolute Gasteiger partial charge is 0.276 e. The SMILES string of the molecule is CCOc1ccc(SCC(=O)NNC(=O)COc2ccccc2F)cc1. The van der Waals surface area contributed by atoms with Crippen LogP contribution in [0.2, 0.25) is 0 Å². The van der Waals surface area contributed by atoms with Gasteiger partial charge in [0.2, 0.25) is 5.91 Å². The third-order valence-corrected chi connectivity index (χ3v) is 4.05. The van der Waals surface area contributed by atoms with Gasteiger partial charge in [-0.1, -0.05) is 12.1 Å². The van der Waals surface area contributed by atoms with Crippen LogP contribution in [0.3, 0.4) is 0 Å². The van der Waals surface area contributed by atoms with E-state index in [1.165, 1.54) is 30.0 Å². The summed E-state index contributed by atoms with van der Waals surface area (Å²) in [4.78, 5) is 24.3. The van der Waals surface area contributed by atoms with Crippen molar-refractivity contribution in [1.29, 1.82) is 0 Å². The molecule has 0 heterocycles. The minimum absolute atomic E-state index is 0.0277. The Balaban J connectivity index is 1.66. The zero-order valence-electron chi connectivity index (χ0n) is 14.2. The number of nitrogens with one attached hydrogen (secondary N) is 2. The Labute approximate surface area is 155 Å². The first kappa shape index (κ1) is 19.6. The number of hydrogen-bond donors (Lipinski definition) is 2. The topological polar surface area (TPSA) is 76.7 Å². The van der Waals surface area contributed by atoms with Gasteiger partial charge >= 0.3 is 0 Å². The second-order valence-electron chi connectivity index (χ2n) is 5.01. The Bertz CT molecular complexity index is 740. The Hall–Kier alpha value is -2.74. The molecule has 0 aromatic heterocycles. The van der Waals surface area contributed by atoms with E-state index < -0.39 is 18.3 Å². The van der Waals surface area contributed by atoms with Crippen LogP contribution in [-0.4, -0.2) is 30.8 Å². The first-order valence-electron chi connectivity index (χ1n) is 7.89. The second-order valence-corrected chi connectivity index (χ2v) is 6.06. The van der Waals surface area contributed by atoms with Gasteiger partial charge in [-0.15, -0.1) is 11.8 Å². The van der Waals surface area contributed by atoms with Gasteiger partial charge in [0.1, 0.15) is 5.75 Å². The van der Waals surface area contributed by atoms with E-state index in [1.54, 1.807) is 6.07 Å². The number of thioether (sulfide) groups is 1. The monoisotopic (exact) mass is 378 g/mol. The van der Waals surface area contributed by atoms with Gasteiger partial charge in [0, 0.05) is 4.90 Å². The van der Waals surface area contributed by atoms with Crippen LogP contribution in [0.25, 0.3) is 0 Å². The highest BCUT2D eigenvalue weighted by Crippen LogP contribution is 2.21. The van der Waals surface area contributed by atoms with E-state index in [2.05, 4.69) is 10.9 Å². The Kier molecular flexibility index (Phi) is 7.75. The molecule has 2 amide bonds. The summed E-state index contributed by atoms with van der Waals surface area (Å²) in [5, 5.41) is 0. The molecular weight excluding hydrogens is 359 g/mol. The zero-order chi connectivity index (χ0) is 18.8. The van der Waals surface area contributed by atoms with Crippen molar-refractivity contribution >= 4 is 23.6 Å². The van der Waals surface area contributed by atoms with E-state index in [0.29, 0.717) is 6.61 Å². The number of rotatable bonds is 8. The van der Waals surface area contributed by atoms with Crippen LogP contribution in [0.15, 0.2) is 53.4 Å². The summed E-state index contributed by atoms with van der Waals surface area (Å²) in [6, 6.07) is 13.1. The summed E-state index contributed by atoms with van der Waals surface area (Å²) in [6.07, 6.45) is 0. The molecule has 0 saturated heterocycles. The lowest BCUT2D eigenvalue weighted by molar-refractivity contribution is -0.128. The highest BCUT2D eigenvalue weighted by molar-refractivity contribution is 8.00. The standard InChI is InChI=1S/C18H19FN2O4S/c1-2-24-13-7-9-14(10-8-13)26-12-18(23)21-20-17(22)11-25-16-6-4-3-5-15(16)19/h3-10H,2,11-12H2,1H3,(H,20,22)(H,21,23). The molecule has 0 aliphatic heterocycles. The molecule has 2 aromatic carbocycles. The van der Waals surface area contributed by atoms with Gasteiger partial charge in [-0.2, -0.15) is 0 Å². The lowest BCUT2D eigenvalue weighted by Crippen LogP contribution is -2.44. The summed E-state index contributed by atoms with van der Waals surface area (Å²) in [7, 11) is 0. The minimum atomic E-state index is -0.590. The quantitative estimate of drug-likeness (QED) is 0.545. The van der Waals surface area contributed by atoms with Crippen LogP contribution in [0, 0.1) is 5.82 Å². The number of amides is 2. The summed E-state index contributed by atoms with van der Waals surface area (Å²) < 4.78 is 23.7. The molecule has 2 rings (SSSR count). The third-order valence-electron chi connectivity index (χ3n) is 3.04. The van der Waals surface area contributed by atoms with Gasteiger partial charge in [0.05, 0.1) is 12.4 Å². The lowest BCUT2D eigenvalue weighted by Gasteiger charge is -2.09. The largest absolute Gasteiger partial charge is 0.494 e. The van der Waals surface area contributed by atoms with Crippen molar-refractivity contribution in [3.05, 3.63) is 54.3 Å². The molecule has 8 heteroatoms. The molecule has 0 saturated carbocycles. The fourth-order valence-corrected chi connectivity index (χ4v) is 2.56. The number of benzene rings is 2. The van der Waals surface area contributed by atoms with Gasteiger partial charge < -0.3 is 9.47 Å². The van der Waals surface area contributed by atoms with Crippen LogP contribution in [0.5, 0.6) is 11.5 Å². The van der Waals surface area contributed by atoms with Crippen molar-refractivity contribution in [3.63, 3.8) is 0 Å². The predicted molar refractivity (Wildman–Crippen MR) is 96.5 cm³/mol. The summed E-state index contributed by atoms with van der Waals surface area (Å²) >= 11 is 1.32. The average Bonchev–Trinajstić information content (AvgIpc) is 2.65. The van der Waals surface area contributed by atoms with Gasteiger partial charge in [-0.25, -0.2) is 4.39 Å².